The highest BCUT2D eigenvalue weighted by atomic mass is 35.5. The van der Waals surface area contributed by atoms with E-state index in [2.05, 4.69) is 20.5 Å². The minimum absolute atomic E-state index is 0.0855. The normalized spacial score (nSPS) is 10.2. The number of aromatic nitrogens is 3. The number of nitrogens with zero attached hydrogens (tertiary/aromatic N) is 2. The molecule has 0 fully saturated rings. The molecule has 1 amide bonds. The minimum Gasteiger partial charge on any atom is -0.295 e. The van der Waals surface area contributed by atoms with Crippen LogP contribution in [0.15, 0.2) is 30.6 Å². The smallest absolute Gasteiger partial charge is 0.227 e. The van der Waals surface area contributed by atoms with E-state index >= 15 is 0 Å². The number of halogens is 1. The molecule has 19 heavy (non-hydrogen) atoms. The zero-order valence-corrected chi connectivity index (χ0v) is 10.6. The van der Waals surface area contributed by atoms with Crippen molar-refractivity contribution < 1.29 is 9.59 Å². The van der Waals surface area contributed by atoms with Gasteiger partial charge < -0.3 is 0 Å². The van der Waals surface area contributed by atoms with Crippen LogP contribution >= 0.6 is 11.6 Å². The third-order valence-electron chi connectivity index (χ3n) is 2.42. The van der Waals surface area contributed by atoms with Crippen LogP contribution in [0.25, 0.3) is 0 Å². The summed E-state index contributed by atoms with van der Waals surface area (Å²) in [5.41, 5.74) is 0.539. The molecule has 2 aromatic rings. The van der Waals surface area contributed by atoms with Crippen LogP contribution in [0.3, 0.4) is 0 Å². The number of carbonyl (C=O) groups excluding carboxylic acids is 2. The van der Waals surface area contributed by atoms with Crippen LogP contribution in [-0.4, -0.2) is 26.9 Å². The minimum atomic E-state index is -0.293. The number of carbonyl (C=O) groups is 2. The Labute approximate surface area is 114 Å². The van der Waals surface area contributed by atoms with Crippen LogP contribution in [0.1, 0.15) is 23.2 Å². The van der Waals surface area contributed by atoms with E-state index in [0.29, 0.717) is 10.6 Å². The van der Waals surface area contributed by atoms with Gasteiger partial charge in [0, 0.05) is 23.4 Å². The summed E-state index contributed by atoms with van der Waals surface area (Å²) in [6.45, 7) is 0. The first-order valence-electron chi connectivity index (χ1n) is 5.59. The fraction of sp³-hybridized carbons (Fsp3) is 0.167. The molecule has 0 aliphatic rings. The van der Waals surface area contributed by atoms with Gasteiger partial charge in [0.05, 0.1) is 0 Å². The molecule has 0 saturated heterocycles. The molecular formula is C12H11ClN4O2. The molecule has 98 valence electrons. The largest absolute Gasteiger partial charge is 0.295 e. The van der Waals surface area contributed by atoms with Gasteiger partial charge in [0.25, 0.3) is 0 Å². The number of anilines is 1. The van der Waals surface area contributed by atoms with Crippen molar-refractivity contribution in [2.75, 3.05) is 5.32 Å². The van der Waals surface area contributed by atoms with Gasteiger partial charge in [-0.3, -0.25) is 14.9 Å². The highest BCUT2D eigenvalue weighted by Gasteiger charge is 2.10. The van der Waals surface area contributed by atoms with Gasteiger partial charge in [0.1, 0.15) is 6.33 Å². The lowest BCUT2D eigenvalue weighted by Gasteiger charge is -2.02. The molecule has 0 unspecified atom stereocenters. The van der Waals surface area contributed by atoms with Crippen LogP contribution in [0.2, 0.25) is 5.02 Å². The Morgan fingerprint density at radius 2 is 1.95 bits per heavy atom. The van der Waals surface area contributed by atoms with Crippen molar-refractivity contribution >= 4 is 29.2 Å². The Morgan fingerprint density at radius 1 is 1.21 bits per heavy atom. The molecule has 0 aliphatic carbocycles. The van der Waals surface area contributed by atoms with Crippen molar-refractivity contribution in [1.82, 2.24) is 15.2 Å². The number of ketones is 1. The summed E-state index contributed by atoms with van der Waals surface area (Å²) in [5.74, 6) is -0.132. The monoisotopic (exact) mass is 278 g/mol. The second-order valence-corrected chi connectivity index (χ2v) is 4.25. The SMILES string of the molecule is O=C(CCC(=O)c1ccc(Cl)cc1)Nc1ncn[nH]1. The number of hydrogen-bond donors (Lipinski definition) is 2. The Kier molecular flexibility index (Phi) is 4.25. The maximum Gasteiger partial charge on any atom is 0.227 e. The van der Waals surface area contributed by atoms with Crippen LogP contribution in [0, 0.1) is 0 Å². The molecule has 0 atom stereocenters. The first kappa shape index (κ1) is 13.2. The van der Waals surface area contributed by atoms with Crippen LogP contribution in [-0.2, 0) is 4.79 Å². The summed E-state index contributed by atoms with van der Waals surface area (Å²) >= 11 is 5.73. The van der Waals surface area contributed by atoms with E-state index in [1.165, 1.54) is 6.33 Å². The lowest BCUT2D eigenvalue weighted by atomic mass is 10.1. The van der Waals surface area contributed by atoms with Gasteiger partial charge in [-0.15, -0.1) is 0 Å². The fourth-order valence-corrected chi connectivity index (χ4v) is 1.59. The zero-order valence-electron chi connectivity index (χ0n) is 9.89. The lowest BCUT2D eigenvalue weighted by Crippen LogP contribution is -2.14. The molecular weight excluding hydrogens is 268 g/mol. The van der Waals surface area contributed by atoms with Crippen molar-refractivity contribution in [3.05, 3.63) is 41.2 Å². The maximum atomic E-state index is 11.8. The Morgan fingerprint density at radius 3 is 2.58 bits per heavy atom. The van der Waals surface area contributed by atoms with Gasteiger partial charge >= 0.3 is 0 Å². The number of Topliss-reactive ketones (excluding diaryl/α,β-unsaturated/α-hetero) is 1. The summed E-state index contributed by atoms with van der Waals surface area (Å²) < 4.78 is 0. The van der Waals surface area contributed by atoms with Crippen molar-refractivity contribution in [2.24, 2.45) is 0 Å². The number of rotatable bonds is 5. The predicted octanol–water partition coefficient (Wildman–Crippen LogP) is 2.06. The van der Waals surface area contributed by atoms with Gasteiger partial charge in [0.2, 0.25) is 11.9 Å². The number of aromatic amines is 1. The zero-order chi connectivity index (χ0) is 13.7. The van der Waals surface area contributed by atoms with Crippen molar-refractivity contribution in [1.29, 1.82) is 0 Å². The Bertz CT molecular complexity index is 566. The number of amides is 1. The van der Waals surface area contributed by atoms with E-state index < -0.39 is 0 Å². The molecule has 7 heteroatoms. The summed E-state index contributed by atoms with van der Waals surface area (Å²) in [6.07, 6.45) is 1.50. The fourth-order valence-electron chi connectivity index (χ4n) is 1.47. The third kappa shape index (κ3) is 3.89. The van der Waals surface area contributed by atoms with Crippen LogP contribution in [0.5, 0.6) is 0 Å². The van der Waals surface area contributed by atoms with E-state index in [1.54, 1.807) is 24.3 Å². The molecule has 0 spiro atoms. The summed E-state index contributed by atoms with van der Waals surface area (Å²) in [4.78, 5) is 27.1. The lowest BCUT2D eigenvalue weighted by molar-refractivity contribution is -0.116. The molecule has 1 heterocycles. The topological polar surface area (TPSA) is 87.7 Å². The van der Waals surface area contributed by atoms with E-state index in [4.69, 9.17) is 11.6 Å². The standard InChI is InChI=1S/C12H11ClN4O2/c13-9-3-1-8(2-4-9)10(18)5-6-11(19)16-12-14-7-15-17-12/h1-4,7H,5-6H2,(H2,14,15,16,17,19). The molecule has 2 rings (SSSR count). The molecule has 2 N–H and O–H groups in total. The van der Waals surface area contributed by atoms with Crippen LogP contribution in [0.4, 0.5) is 5.95 Å². The first-order chi connectivity index (χ1) is 9.15. The summed E-state index contributed by atoms with van der Waals surface area (Å²) in [5, 5.41) is 9.16. The van der Waals surface area contributed by atoms with E-state index in [1.807, 2.05) is 0 Å². The van der Waals surface area contributed by atoms with Crippen molar-refractivity contribution in [3.63, 3.8) is 0 Å². The van der Waals surface area contributed by atoms with Crippen LogP contribution < -0.4 is 5.32 Å². The van der Waals surface area contributed by atoms with E-state index in [-0.39, 0.29) is 30.5 Å². The molecule has 0 bridgehead atoms. The summed E-state index contributed by atoms with van der Waals surface area (Å²) in [7, 11) is 0. The number of nitrogens with one attached hydrogen (secondary N) is 2. The third-order valence-corrected chi connectivity index (χ3v) is 2.67. The highest BCUT2D eigenvalue weighted by molar-refractivity contribution is 6.30. The number of benzene rings is 1. The molecule has 1 aromatic heterocycles. The average molecular weight is 279 g/mol. The van der Waals surface area contributed by atoms with Gasteiger partial charge in [-0.25, -0.2) is 5.10 Å². The second kappa shape index (κ2) is 6.10. The first-order valence-corrected chi connectivity index (χ1v) is 5.97. The highest BCUT2D eigenvalue weighted by Crippen LogP contribution is 2.12. The van der Waals surface area contributed by atoms with Gasteiger partial charge in [-0.1, -0.05) is 11.6 Å². The molecule has 6 nitrogen and oxygen atoms in total. The second-order valence-electron chi connectivity index (χ2n) is 3.81. The van der Waals surface area contributed by atoms with Gasteiger partial charge in [-0.05, 0) is 24.3 Å². The number of H-pyrrole nitrogens is 1. The van der Waals surface area contributed by atoms with Crippen molar-refractivity contribution in [3.8, 4) is 0 Å². The Hall–Kier alpha value is -2.21. The van der Waals surface area contributed by atoms with Crippen molar-refractivity contribution in [2.45, 2.75) is 12.8 Å². The molecule has 0 saturated carbocycles. The molecule has 0 radical (unpaired) electrons. The van der Waals surface area contributed by atoms with Gasteiger partial charge in [-0.2, -0.15) is 10.1 Å². The average Bonchev–Trinajstić information content (AvgIpc) is 2.89. The Balaban J connectivity index is 1.83. The summed E-state index contributed by atoms with van der Waals surface area (Å²) in [6, 6.07) is 6.56. The molecule has 0 aliphatic heterocycles. The number of hydrogen-bond acceptors (Lipinski definition) is 4. The maximum absolute atomic E-state index is 11.8. The van der Waals surface area contributed by atoms with Gasteiger partial charge in [0.15, 0.2) is 5.78 Å². The predicted molar refractivity (Wildman–Crippen MR) is 70.0 cm³/mol. The quantitative estimate of drug-likeness (QED) is 0.820. The molecule has 1 aromatic carbocycles. The van der Waals surface area contributed by atoms with E-state index in [9.17, 15) is 9.59 Å². The van der Waals surface area contributed by atoms with E-state index in [0.717, 1.165) is 0 Å².